The topological polar surface area (TPSA) is 154 Å². The van der Waals surface area contributed by atoms with Gasteiger partial charge in [0.05, 0.1) is 12.4 Å². The van der Waals surface area contributed by atoms with Gasteiger partial charge in [-0.2, -0.15) is 0 Å². The first-order valence-corrected chi connectivity index (χ1v) is 14.2. The minimum absolute atomic E-state index is 0.256. The summed E-state index contributed by atoms with van der Waals surface area (Å²) < 4.78 is 11.2. The molecular weight excluding hydrogens is 589 g/mol. The summed E-state index contributed by atoms with van der Waals surface area (Å²) in [5.74, 6) is 1.56. The van der Waals surface area contributed by atoms with Crippen molar-refractivity contribution in [2.24, 2.45) is 0 Å². The molecule has 0 aromatic carbocycles. The van der Waals surface area contributed by atoms with Crippen LogP contribution in [0.2, 0.25) is 0 Å². The highest BCUT2D eigenvalue weighted by molar-refractivity contribution is 7.15. The second-order valence-electron chi connectivity index (χ2n) is 8.36. The van der Waals surface area contributed by atoms with Gasteiger partial charge in [0.25, 0.3) is 11.8 Å². The number of nitrogens with zero attached hydrogens (tertiary/aromatic N) is 6. The zero-order chi connectivity index (χ0) is 29.9. The number of thiazole rings is 2. The first kappa shape index (κ1) is 28.9. The summed E-state index contributed by atoms with van der Waals surface area (Å²) in [7, 11) is 0. The minimum Gasteiger partial charge on any atom is -0.456 e. The number of rotatable bonds is 8. The summed E-state index contributed by atoms with van der Waals surface area (Å²) in [6.45, 7) is 1.92. The molecule has 0 spiro atoms. The van der Waals surface area contributed by atoms with Gasteiger partial charge in [0.2, 0.25) is 0 Å². The number of aromatic nitrogens is 6. The van der Waals surface area contributed by atoms with Gasteiger partial charge in [0.1, 0.15) is 34.4 Å². The number of ether oxygens (including phenoxy) is 2. The van der Waals surface area contributed by atoms with Gasteiger partial charge >= 0.3 is 0 Å². The molecule has 0 fully saturated rings. The Bertz CT molecular complexity index is 1790. The summed E-state index contributed by atoms with van der Waals surface area (Å²) in [6, 6.07) is 13.6. The number of pyridine rings is 4. The first-order valence-electron chi connectivity index (χ1n) is 12.5. The van der Waals surface area contributed by atoms with Crippen LogP contribution < -0.4 is 20.1 Å². The Labute approximate surface area is 253 Å². The molecule has 0 atom stereocenters. The van der Waals surface area contributed by atoms with Crippen molar-refractivity contribution in [1.82, 2.24) is 29.9 Å². The van der Waals surface area contributed by atoms with Crippen LogP contribution in [-0.4, -0.2) is 41.7 Å². The molecule has 0 radical (unpaired) electrons. The highest BCUT2D eigenvalue weighted by atomic mass is 32.1. The van der Waals surface area contributed by atoms with E-state index in [2.05, 4.69) is 40.5 Å². The van der Waals surface area contributed by atoms with Gasteiger partial charge in [-0.15, -0.1) is 22.7 Å². The molecule has 6 rings (SSSR count). The average Bonchev–Trinajstić information content (AvgIpc) is 3.70. The van der Waals surface area contributed by atoms with E-state index in [9.17, 15) is 9.59 Å². The van der Waals surface area contributed by atoms with Crippen LogP contribution in [0.5, 0.6) is 23.0 Å². The molecule has 0 aliphatic heterocycles. The summed E-state index contributed by atoms with van der Waals surface area (Å²) in [4.78, 5) is 49.3. The van der Waals surface area contributed by atoms with Crippen LogP contribution in [0.25, 0.3) is 0 Å². The zero-order valence-corrected chi connectivity index (χ0v) is 24.1. The summed E-state index contributed by atoms with van der Waals surface area (Å²) >= 11 is 2.75. The molecule has 14 heteroatoms. The van der Waals surface area contributed by atoms with Crippen LogP contribution in [-0.2, 0) is 0 Å². The molecule has 43 heavy (non-hydrogen) atoms. The molecule has 12 nitrogen and oxygen atoms in total. The van der Waals surface area contributed by atoms with Crippen LogP contribution in [0, 0.1) is 6.92 Å². The lowest BCUT2D eigenvalue weighted by atomic mass is 10.3. The van der Waals surface area contributed by atoms with Gasteiger partial charge in [0.15, 0.2) is 10.3 Å². The van der Waals surface area contributed by atoms with Crippen molar-refractivity contribution >= 4 is 44.8 Å². The number of aryl methyl sites for hydroxylation is 1. The Morgan fingerprint density at radius 1 is 0.651 bits per heavy atom. The third-order valence-electron chi connectivity index (χ3n) is 5.16. The Morgan fingerprint density at radius 3 is 1.70 bits per heavy atom. The Balaban J connectivity index is 0.000000171. The minimum atomic E-state index is -0.332. The van der Waals surface area contributed by atoms with E-state index in [1.807, 2.05) is 6.92 Å². The standard InChI is InChI=1S/C15H12N4O2S.C14H10N4O2S/c1-10-8-18-15(22-10)19-14(20)13-7-11(4-6-17-13)21-12-3-2-5-16-9-12;19-13(18-14-17-6-7-21-14)12-8-10(3-5-16-12)20-11-2-1-4-15-9-11/h2-9H,1H3,(H,18,19,20);1-9H,(H,17,18,19). The van der Waals surface area contributed by atoms with Crippen LogP contribution in [0.3, 0.4) is 0 Å². The fraction of sp³-hybridized carbons (Fsp3) is 0.0345. The third-order valence-corrected chi connectivity index (χ3v) is 6.68. The smallest absolute Gasteiger partial charge is 0.276 e. The van der Waals surface area contributed by atoms with E-state index in [-0.39, 0.29) is 23.2 Å². The fourth-order valence-corrected chi connectivity index (χ4v) is 4.49. The van der Waals surface area contributed by atoms with Gasteiger partial charge in [-0.3, -0.25) is 40.2 Å². The maximum absolute atomic E-state index is 12.2. The van der Waals surface area contributed by atoms with E-state index >= 15 is 0 Å². The quantitative estimate of drug-likeness (QED) is 0.202. The van der Waals surface area contributed by atoms with Crippen molar-refractivity contribution in [3.8, 4) is 23.0 Å². The molecule has 0 saturated carbocycles. The molecule has 0 bridgehead atoms. The molecule has 0 aliphatic carbocycles. The maximum Gasteiger partial charge on any atom is 0.276 e. The molecule has 6 aromatic rings. The molecule has 0 aliphatic rings. The molecule has 0 saturated heterocycles. The van der Waals surface area contributed by atoms with Gasteiger partial charge in [0, 0.05) is 59.6 Å². The number of amides is 2. The van der Waals surface area contributed by atoms with Gasteiger partial charge < -0.3 is 9.47 Å². The number of nitrogens with one attached hydrogen (secondary N) is 2. The summed E-state index contributed by atoms with van der Waals surface area (Å²) in [6.07, 6.45) is 12.9. The highest BCUT2D eigenvalue weighted by Gasteiger charge is 2.12. The molecule has 6 aromatic heterocycles. The molecule has 2 amide bonds. The van der Waals surface area contributed by atoms with Crippen LogP contribution in [0.4, 0.5) is 10.3 Å². The maximum atomic E-state index is 12.2. The number of carbonyl (C=O) groups is 2. The van der Waals surface area contributed by atoms with E-state index < -0.39 is 0 Å². The van der Waals surface area contributed by atoms with Crippen LogP contribution in [0.1, 0.15) is 25.9 Å². The second-order valence-corrected chi connectivity index (χ2v) is 10.5. The number of hydrogen-bond acceptors (Lipinski definition) is 12. The first-order chi connectivity index (χ1) is 21.0. The lowest BCUT2D eigenvalue weighted by Gasteiger charge is -2.06. The average molecular weight is 611 g/mol. The molecule has 6 heterocycles. The predicted molar refractivity (Wildman–Crippen MR) is 162 cm³/mol. The van der Waals surface area contributed by atoms with Crippen molar-refractivity contribution in [1.29, 1.82) is 0 Å². The normalized spacial score (nSPS) is 10.2. The SMILES string of the molecule is Cc1cnc(NC(=O)c2cc(Oc3cccnc3)ccn2)s1.O=C(Nc1nccs1)c1cc(Oc2cccnc2)ccn1. The van der Waals surface area contributed by atoms with E-state index in [0.29, 0.717) is 33.3 Å². The van der Waals surface area contributed by atoms with Crippen molar-refractivity contribution < 1.29 is 19.1 Å². The van der Waals surface area contributed by atoms with Gasteiger partial charge in [-0.1, -0.05) is 0 Å². The van der Waals surface area contributed by atoms with E-state index in [1.165, 1.54) is 35.1 Å². The van der Waals surface area contributed by atoms with E-state index in [4.69, 9.17) is 9.47 Å². The lowest BCUT2D eigenvalue weighted by Crippen LogP contribution is -2.13. The highest BCUT2D eigenvalue weighted by Crippen LogP contribution is 2.23. The predicted octanol–water partition coefficient (Wildman–Crippen LogP) is 6.26. The fourth-order valence-electron chi connectivity index (χ4n) is 3.30. The number of anilines is 2. The Hall–Kier alpha value is -5.60. The lowest BCUT2D eigenvalue weighted by molar-refractivity contribution is 0.101. The second kappa shape index (κ2) is 14.3. The molecule has 0 unspecified atom stereocenters. The zero-order valence-electron chi connectivity index (χ0n) is 22.4. The van der Waals surface area contributed by atoms with Crippen molar-refractivity contribution in [3.05, 3.63) is 120 Å². The van der Waals surface area contributed by atoms with Crippen molar-refractivity contribution in [3.63, 3.8) is 0 Å². The van der Waals surface area contributed by atoms with Gasteiger partial charge in [-0.25, -0.2) is 9.97 Å². The van der Waals surface area contributed by atoms with Gasteiger partial charge in [-0.05, 0) is 43.3 Å². The molecular formula is C29H22N8O4S2. The third kappa shape index (κ3) is 8.69. The largest absolute Gasteiger partial charge is 0.456 e. The monoisotopic (exact) mass is 610 g/mol. The van der Waals surface area contributed by atoms with E-state index in [0.717, 1.165) is 4.88 Å². The van der Waals surface area contributed by atoms with Crippen molar-refractivity contribution in [2.45, 2.75) is 6.92 Å². The van der Waals surface area contributed by atoms with Crippen LogP contribution >= 0.6 is 22.7 Å². The molecule has 2 N–H and O–H groups in total. The number of carbonyl (C=O) groups excluding carboxylic acids is 2. The Kier molecular flexibility index (Phi) is 9.64. The van der Waals surface area contributed by atoms with Crippen molar-refractivity contribution in [2.75, 3.05) is 10.6 Å². The number of hydrogen-bond donors (Lipinski definition) is 2. The van der Waals surface area contributed by atoms with Crippen LogP contribution in [0.15, 0.2) is 103 Å². The summed E-state index contributed by atoms with van der Waals surface area (Å²) in [5.41, 5.74) is 0.515. The molecule has 214 valence electrons. The Morgan fingerprint density at radius 2 is 1.23 bits per heavy atom. The summed E-state index contributed by atoms with van der Waals surface area (Å²) in [5, 5.41) is 8.23. The van der Waals surface area contributed by atoms with E-state index in [1.54, 1.807) is 91.1 Å².